The molecular weight excluding hydrogens is 307 g/mol. The Morgan fingerprint density at radius 1 is 1.37 bits per heavy atom. The zero-order valence-corrected chi connectivity index (χ0v) is 12.3. The van der Waals surface area contributed by atoms with Gasteiger partial charge in [0.15, 0.2) is 0 Å². The van der Waals surface area contributed by atoms with E-state index in [-0.39, 0.29) is 5.82 Å². The van der Waals surface area contributed by atoms with Gasteiger partial charge in [-0.3, -0.25) is 4.98 Å². The summed E-state index contributed by atoms with van der Waals surface area (Å²) < 4.78 is 14.9. The van der Waals surface area contributed by atoms with Crippen molar-refractivity contribution in [1.82, 2.24) is 4.98 Å². The lowest BCUT2D eigenvalue weighted by Crippen LogP contribution is -2.35. The molecule has 1 unspecified atom stereocenters. The van der Waals surface area contributed by atoms with E-state index in [9.17, 15) is 4.39 Å². The first-order valence-electron chi connectivity index (χ1n) is 6.10. The Hall–Kier alpha value is -1.26. The molecule has 0 amide bonds. The second-order valence-electron chi connectivity index (χ2n) is 4.93. The molecule has 2 rings (SSSR count). The van der Waals surface area contributed by atoms with Gasteiger partial charge in [-0.15, -0.1) is 0 Å². The van der Waals surface area contributed by atoms with Gasteiger partial charge in [-0.05, 0) is 35.7 Å². The summed E-state index contributed by atoms with van der Waals surface area (Å²) in [6, 6.07) is 8.98. The van der Waals surface area contributed by atoms with Crippen LogP contribution in [-0.2, 0) is 11.8 Å². The highest BCUT2D eigenvalue weighted by Crippen LogP contribution is 2.30. The molecule has 0 fully saturated rings. The van der Waals surface area contributed by atoms with E-state index >= 15 is 0 Å². The largest absolute Gasteiger partial charge is 0.330 e. The van der Waals surface area contributed by atoms with Crippen molar-refractivity contribution in [2.45, 2.75) is 18.8 Å². The van der Waals surface area contributed by atoms with Crippen LogP contribution in [0.3, 0.4) is 0 Å². The lowest BCUT2D eigenvalue weighted by atomic mass is 9.77. The van der Waals surface area contributed by atoms with Gasteiger partial charge in [0.05, 0.1) is 0 Å². The Balaban J connectivity index is 2.36. The molecule has 1 atom stereocenters. The Morgan fingerprint density at radius 2 is 2.16 bits per heavy atom. The van der Waals surface area contributed by atoms with Gasteiger partial charge in [0.2, 0.25) is 0 Å². The van der Waals surface area contributed by atoms with Gasteiger partial charge < -0.3 is 5.73 Å². The summed E-state index contributed by atoms with van der Waals surface area (Å²) in [5.41, 5.74) is 7.15. The fourth-order valence-corrected chi connectivity index (χ4v) is 2.54. The molecule has 19 heavy (non-hydrogen) atoms. The smallest absolute Gasteiger partial charge is 0.128 e. The van der Waals surface area contributed by atoms with Gasteiger partial charge in [-0.25, -0.2) is 4.39 Å². The standard InChI is InChI=1S/C15H16BrFN2/c1-15(10-18,8-11-3-2-6-19-9-11)13-5-4-12(16)7-14(13)17/h2-7,9H,8,10,18H2,1H3. The number of benzene rings is 1. The van der Waals surface area contributed by atoms with Gasteiger partial charge in [0.25, 0.3) is 0 Å². The molecule has 0 saturated carbocycles. The topological polar surface area (TPSA) is 38.9 Å². The van der Waals surface area contributed by atoms with Crippen molar-refractivity contribution in [2.24, 2.45) is 5.73 Å². The van der Waals surface area contributed by atoms with Crippen LogP contribution >= 0.6 is 15.9 Å². The third kappa shape index (κ3) is 3.19. The van der Waals surface area contributed by atoms with Gasteiger partial charge in [-0.2, -0.15) is 0 Å². The maximum atomic E-state index is 14.1. The summed E-state index contributed by atoms with van der Waals surface area (Å²) in [5.74, 6) is -0.230. The summed E-state index contributed by atoms with van der Waals surface area (Å²) in [6.45, 7) is 2.35. The molecule has 2 nitrogen and oxygen atoms in total. The number of nitrogens with two attached hydrogens (primary N) is 1. The molecule has 2 N–H and O–H groups in total. The fourth-order valence-electron chi connectivity index (χ4n) is 2.21. The monoisotopic (exact) mass is 322 g/mol. The van der Waals surface area contributed by atoms with E-state index in [1.165, 1.54) is 6.07 Å². The molecule has 1 heterocycles. The van der Waals surface area contributed by atoms with Crippen LogP contribution in [0.15, 0.2) is 47.2 Å². The quantitative estimate of drug-likeness (QED) is 0.936. The van der Waals surface area contributed by atoms with E-state index in [4.69, 9.17) is 5.73 Å². The predicted molar refractivity (Wildman–Crippen MR) is 78.4 cm³/mol. The first-order valence-corrected chi connectivity index (χ1v) is 6.89. The van der Waals surface area contributed by atoms with Gasteiger partial charge >= 0.3 is 0 Å². The minimum atomic E-state index is -0.437. The zero-order chi connectivity index (χ0) is 13.9. The summed E-state index contributed by atoms with van der Waals surface area (Å²) in [5, 5.41) is 0. The highest BCUT2D eigenvalue weighted by Gasteiger charge is 2.28. The molecule has 0 spiro atoms. The van der Waals surface area contributed by atoms with Crippen molar-refractivity contribution in [2.75, 3.05) is 6.54 Å². The Kier molecular flexibility index (Phi) is 4.32. The van der Waals surface area contributed by atoms with E-state index in [1.807, 2.05) is 25.1 Å². The number of hydrogen-bond acceptors (Lipinski definition) is 2. The van der Waals surface area contributed by atoms with Crippen molar-refractivity contribution in [3.8, 4) is 0 Å². The normalized spacial score (nSPS) is 14.1. The third-order valence-electron chi connectivity index (χ3n) is 3.35. The second-order valence-corrected chi connectivity index (χ2v) is 5.84. The van der Waals surface area contributed by atoms with Crippen LogP contribution in [-0.4, -0.2) is 11.5 Å². The highest BCUT2D eigenvalue weighted by atomic mass is 79.9. The number of nitrogens with zero attached hydrogens (tertiary/aromatic N) is 1. The molecule has 100 valence electrons. The van der Waals surface area contributed by atoms with Crippen LogP contribution in [0.4, 0.5) is 4.39 Å². The van der Waals surface area contributed by atoms with Crippen molar-refractivity contribution >= 4 is 15.9 Å². The molecule has 2 aromatic rings. The fraction of sp³-hybridized carbons (Fsp3) is 0.267. The van der Waals surface area contributed by atoms with Crippen LogP contribution < -0.4 is 5.73 Å². The molecule has 1 aromatic heterocycles. The minimum Gasteiger partial charge on any atom is -0.330 e. The number of pyridine rings is 1. The maximum absolute atomic E-state index is 14.1. The van der Waals surface area contributed by atoms with Crippen LogP contribution in [0.5, 0.6) is 0 Å². The molecule has 0 radical (unpaired) electrons. The highest BCUT2D eigenvalue weighted by molar-refractivity contribution is 9.10. The number of aromatic nitrogens is 1. The lowest BCUT2D eigenvalue weighted by molar-refractivity contribution is 0.449. The Morgan fingerprint density at radius 3 is 2.74 bits per heavy atom. The number of rotatable bonds is 4. The second kappa shape index (κ2) is 5.80. The molecule has 0 bridgehead atoms. The van der Waals surface area contributed by atoms with E-state index in [0.29, 0.717) is 18.5 Å². The van der Waals surface area contributed by atoms with Gasteiger partial charge in [0.1, 0.15) is 5.82 Å². The third-order valence-corrected chi connectivity index (χ3v) is 3.84. The van der Waals surface area contributed by atoms with E-state index in [2.05, 4.69) is 20.9 Å². The van der Waals surface area contributed by atoms with Crippen LogP contribution in [0.2, 0.25) is 0 Å². The number of halogens is 2. The molecule has 1 aromatic carbocycles. The summed E-state index contributed by atoms with van der Waals surface area (Å²) in [6.07, 6.45) is 4.18. The summed E-state index contributed by atoms with van der Waals surface area (Å²) in [4.78, 5) is 4.09. The van der Waals surface area contributed by atoms with Crippen LogP contribution in [0, 0.1) is 5.82 Å². The van der Waals surface area contributed by atoms with Crippen LogP contribution in [0.25, 0.3) is 0 Å². The summed E-state index contributed by atoms with van der Waals surface area (Å²) in [7, 11) is 0. The Labute approximate surface area is 121 Å². The Bertz CT molecular complexity index is 559. The lowest BCUT2D eigenvalue weighted by Gasteiger charge is -2.29. The van der Waals surface area contributed by atoms with E-state index < -0.39 is 5.41 Å². The average molecular weight is 323 g/mol. The molecule has 0 aliphatic rings. The SMILES string of the molecule is CC(CN)(Cc1cccnc1)c1ccc(Br)cc1F. The van der Waals surface area contributed by atoms with Crippen molar-refractivity contribution in [3.63, 3.8) is 0 Å². The van der Waals surface area contributed by atoms with Crippen molar-refractivity contribution in [3.05, 3.63) is 64.1 Å². The first kappa shape index (κ1) is 14.2. The summed E-state index contributed by atoms with van der Waals surface area (Å²) >= 11 is 3.27. The molecule has 0 aliphatic carbocycles. The number of hydrogen-bond donors (Lipinski definition) is 1. The molecule has 0 aliphatic heterocycles. The molecule has 4 heteroatoms. The van der Waals surface area contributed by atoms with E-state index in [0.717, 1.165) is 10.0 Å². The molecular formula is C15H16BrFN2. The first-order chi connectivity index (χ1) is 9.05. The molecule has 0 saturated heterocycles. The maximum Gasteiger partial charge on any atom is 0.128 e. The minimum absolute atomic E-state index is 0.230. The van der Waals surface area contributed by atoms with Gasteiger partial charge in [0, 0.05) is 28.8 Å². The zero-order valence-electron chi connectivity index (χ0n) is 10.7. The van der Waals surface area contributed by atoms with Crippen LogP contribution in [0.1, 0.15) is 18.1 Å². The van der Waals surface area contributed by atoms with Gasteiger partial charge in [-0.1, -0.05) is 35.0 Å². The predicted octanol–water partition coefficient (Wildman–Crippen LogP) is 3.44. The van der Waals surface area contributed by atoms with E-state index in [1.54, 1.807) is 18.5 Å². The van der Waals surface area contributed by atoms with Crippen molar-refractivity contribution < 1.29 is 4.39 Å². The average Bonchev–Trinajstić information content (AvgIpc) is 2.39. The van der Waals surface area contributed by atoms with Crippen molar-refractivity contribution in [1.29, 1.82) is 0 Å².